The Bertz CT molecular complexity index is 837. The van der Waals surface area contributed by atoms with Crippen LogP contribution in [0.25, 0.3) is 0 Å². The zero-order chi connectivity index (χ0) is 20.0. The summed E-state index contributed by atoms with van der Waals surface area (Å²) in [5.41, 5.74) is 1.64. The monoisotopic (exact) mass is 386 g/mol. The number of nitrogens with zero attached hydrogens (tertiary/aromatic N) is 1. The van der Waals surface area contributed by atoms with E-state index in [-0.39, 0.29) is 24.0 Å². The molecule has 27 heavy (non-hydrogen) atoms. The lowest BCUT2D eigenvalue weighted by Gasteiger charge is -2.25. The van der Waals surface area contributed by atoms with Crippen LogP contribution in [0.5, 0.6) is 0 Å². The highest BCUT2D eigenvalue weighted by Crippen LogP contribution is 2.28. The number of aliphatic carboxylic acids is 1. The second-order valence-corrected chi connectivity index (χ2v) is 6.93. The summed E-state index contributed by atoms with van der Waals surface area (Å²) in [7, 11) is 0. The van der Waals surface area contributed by atoms with Gasteiger partial charge in [0.1, 0.15) is 6.54 Å². The molecule has 2 aromatic carbocycles. The van der Waals surface area contributed by atoms with Gasteiger partial charge in [-0.05, 0) is 24.1 Å². The number of halogens is 1. The van der Waals surface area contributed by atoms with E-state index in [0.717, 1.165) is 6.42 Å². The standard InChI is InChI=1S/C21H23ClN2O3/c1-3-14(2)11-19(25)24(13-20(26)27)18-10-9-16(22)12-17(18)21(23)15-7-5-4-6-8-15/h4-10,12,14,23H,3,11,13H2,1-2H3,(H,26,27)/t14-/m0/s1. The van der Waals surface area contributed by atoms with E-state index in [4.69, 9.17) is 17.0 Å². The highest BCUT2D eigenvalue weighted by Gasteiger charge is 2.24. The van der Waals surface area contributed by atoms with Gasteiger partial charge in [0.05, 0.1) is 11.4 Å². The first kappa shape index (κ1) is 20.6. The third kappa shape index (κ3) is 5.41. The van der Waals surface area contributed by atoms with Crippen molar-refractivity contribution in [2.24, 2.45) is 5.92 Å². The first-order valence-corrected chi connectivity index (χ1v) is 9.17. The molecular formula is C21H23ClN2O3. The Kier molecular flexibility index (Phi) is 7.13. The molecule has 2 N–H and O–H groups in total. The molecule has 0 aliphatic rings. The van der Waals surface area contributed by atoms with Crippen molar-refractivity contribution in [3.63, 3.8) is 0 Å². The summed E-state index contributed by atoms with van der Waals surface area (Å²) >= 11 is 6.13. The molecule has 0 saturated carbocycles. The predicted octanol–water partition coefficient (Wildman–Crippen LogP) is 4.61. The molecule has 6 heteroatoms. The molecule has 142 valence electrons. The summed E-state index contributed by atoms with van der Waals surface area (Å²) in [6.07, 6.45) is 1.06. The Hall–Kier alpha value is -2.66. The van der Waals surface area contributed by atoms with Crippen molar-refractivity contribution in [2.45, 2.75) is 26.7 Å². The number of benzene rings is 2. The minimum absolute atomic E-state index is 0.137. The number of anilines is 1. The third-order valence-electron chi connectivity index (χ3n) is 4.40. The molecule has 0 aliphatic heterocycles. The molecule has 0 aliphatic carbocycles. The van der Waals surface area contributed by atoms with Gasteiger partial charge in [-0.25, -0.2) is 0 Å². The van der Waals surface area contributed by atoms with Crippen molar-refractivity contribution in [2.75, 3.05) is 11.4 Å². The van der Waals surface area contributed by atoms with Crippen LogP contribution in [0.3, 0.4) is 0 Å². The fraction of sp³-hybridized carbons (Fsp3) is 0.286. The average Bonchev–Trinajstić information content (AvgIpc) is 2.66. The van der Waals surface area contributed by atoms with Crippen molar-refractivity contribution in [3.05, 3.63) is 64.7 Å². The number of carboxylic acids is 1. The van der Waals surface area contributed by atoms with E-state index in [1.54, 1.807) is 30.3 Å². The number of amides is 1. The van der Waals surface area contributed by atoms with Crippen LogP contribution in [0.2, 0.25) is 5.02 Å². The number of rotatable bonds is 8. The van der Waals surface area contributed by atoms with Crippen molar-refractivity contribution < 1.29 is 14.7 Å². The van der Waals surface area contributed by atoms with Gasteiger partial charge >= 0.3 is 5.97 Å². The molecule has 0 saturated heterocycles. The highest BCUT2D eigenvalue weighted by molar-refractivity contribution is 6.31. The fourth-order valence-corrected chi connectivity index (χ4v) is 2.87. The third-order valence-corrected chi connectivity index (χ3v) is 4.63. The lowest BCUT2D eigenvalue weighted by atomic mass is 9.99. The van der Waals surface area contributed by atoms with E-state index in [1.807, 2.05) is 32.0 Å². The van der Waals surface area contributed by atoms with E-state index < -0.39 is 12.5 Å². The zero-order valence-corrected chi connectivity index (χ0v) is 16.2. The average molecular weight is 387 g/mol. The largest absolute Gasteiger partial charge is 0.480 e. The molecule has 0 aromatic heterocycles. The zero-order valence-electron chi connectivity index (χ0n) is 15.4. The Morgan fingerprint density at radius 2 is 1.85 bits per heavy atom. The summed E-state index contributed by atoms with van der Waals surface area (Å²) < 4.78 is 0. The van der Waals surface area contributed by atoms with E-state index in [2.05, 4.69) is 0 Å². The van der Waals surface area contributed by atoms with Crippen LogP contribution in [-0.2, 0) is 9.59 Å². The first-order valence-electron chi connectivity index (χ1n) is 8.79. The van der Waals surface area contributed by atoms with Gasteiger partial charge < -0.3 is 10.0 Å². The van der Waals surface area contributed by atoms with Gasteiger partial charge in [0.25, 0.3) is 0 Å². The summed E-state index contributed by atoms with van der Waals surface area (Å²) in [5.74, 6) is -1.26. The van der Waals surface area contributed by atoms with E-state index in [0.29, 0.717) is 21.8 Å². The van der Waals surface area contributed by atoms with E-state index in [1.165, 1.54) is 4.90 Å². The maximum Gasteiger partial charge on any atom is 0.323 e. The second-order valence-electron chi connectivity index (χ2n) is 6.49. The number of carbonyl (C=O) groups is 2. The molecular weight excluding hydrogens is 364 g/mol. The molecule has 0 bridgehead atoms. The van der Waals surface area contributed by atoms with Crippen molar-refractivity contribution in [1.29, 1.82) is 5.41 Å². The lowest BCUT2D eigenvalue weighted by molar-refractivity contribution is -0.136. The second kappa shape index (κ2) is 9.33. The van der Waals surface area contributed by atoms with Gasteiger partial charge in [-0.2, -0.15) is 0 Å². The van der Waals surface area contributed by atoms with Crippen LogP contribution in [0.4, 0.5) is 5.69 Å². The topological polar surface area (TPSA) is 81.5 Å². The summed E-state index contributed by atoms with van der Waals surface area (Å²) in [5, 5.41) is 18.3. The SMILES string of the molecule is CC[C@H](C)CC(=O)N(CC(=O)O)c1ccc(Cl)cc1C(=N)c1ccccc1. The predicted molar refractivity (Wildman–Crippen MR) is 108 cm³/mol. The Morgan fingerprint density at radius 3 is 2.44 bits per heavy atom. The Balaban J connectivity index is 2.50. The van der Waals surface area contributed by atoms with Gasteiger partial charge in [0, 0.05) is 22.6 Å². The van der Waals surface area contributed by atoms with E-state index >= 15 is 0 Å². The van der Waals surface area contributed by atoms with Crippen molar-refractivity contribution >= 4 is 34.9 Å². The first-order chi connectivity index (χ1) is 12.8. The summed E-state index contributed by atoms with van der Waals surface area (Å²) in [6.45, 7) is 3.47. The molecule has 5 nitrogen and oxygen atoms in total. The molecule has 0 heterocycles. The number of carbonyl (C=O) groups excluding carboxylic acids is 1. The molecule has 0 spiro atoms. The molecule has 0 radical (unpaired) electrons. The quantitative estimate of drug-likeness (QED) is 0.650. The molecule has 2 aromatic rings. The Morgan fingerprint density at radius 1 is 1.19 bits per heavy atom. The maximum absolute atomic E-state index is 12.8. The molecule has 1 amide bonds. The summed E-state index contributed by atoms with van der Waals surface area (Å²) in [4.78, 5) is 25.4. The smallest absolute Gasteiger partial charge is 0.323 e. The number of nitrogens with one attached hydrogen (secondary N) is 1. The maximum atomic E-state index is 12.8. The minimum atomic E-state index is -1.11. The van der Waals surface area contributed by atoms with Gasteiger partial charge in [-0.15, -0.1) is 0 Å². The highest BCUT2D eigenvalue weighted by atomic mass is 35.5. The van der Waals surface area contributed by atoms with Gasteiger partial charge in [0.2, 0.25) is 5.91 Å². The van der Waals surface area contributed by atoms with Gasteiger partial charge in [-0.3, -0.25) is 15.0 Å². The molecule has 0 fully saturated rings. The van der Waals surface area contributed by atoms with Crippen molar-refractivity contribution in [3.8, 4) is 0 Å². The minimum Gasteiger partial charge on any atom is -0.480 e. The fourth-order valence-electron chi connectivity index (χ4n) is 2.70. The number of hydrogen-bond acceptors (Lipinski definition) is 3. The van der Waals surface area contributed by atoms with Crippen LogP contribution < -0.4 is 4.90 Å². The van der Waals surface area contributed by atoms with Gasteiger partial charge in [0.15, 0.2) is 0 Å². The van der Waals surface area contributed by atoms with Crippen LogP contribution in [0.1, 0.15) is 37.8 Å². The summed E-state index contributed by atoms with van der Waals surface area (Å²) in [6, 6.07) is 13.9. The molecule has 1 atom stereocenters. The molecule has 2 rings (SSSR count). The van der Waals surface area contributed by atoms with Crippen LogP contribution >= 0.6 is 11.6 Å². The number of carboxylic acid groups (broad SMARTS) is 1. The van der Waals surface area contributed by atoms with E-state index in [9.17, 15) is 14.7 Å². The van der Waals surface area contributed by atoms with Crippen molar-refractivity contribution in [1.82, 2.24) is 0 Å². The van der Waals surface area contributed by atoms with Gasteiger partial charge in [-0.1, -0.05) is 62.2 Å². The van der Waals surface area contributed by atoms with Crippen LogP contribution in [0, 0.1) is 11.3 Å². The number of hydrogen-bond donors (Lipinski definition) is 2. The lowest BCUT2D eigenvalue weighted by Crippen LogP contribution is -2.37. The van der Waals surface area contributed by atoms with Crippen LogP contribution in [-0.4, -0.2) is 29.2 Å². The van der Waals surface area contributed by atoms with Crippen LogP contribution in [0.15, 0.2) is 48.5 Å². The normalized spacial score (nSPS) is 11.7. The molecule has 0 unspecified atom stereocenters. The Labute approximate surface area is 164 Å².